The fourth-order valence-corrected chi connectivity index (χ4v) is 1.53. The maximum Gasteiger partial charge on any atom is 0.324 e. The fraction of sp³-hybridized carbons (Fsp3) is 0.889. The Labute approximate surface area is 83.1 Å². The molecule has 5 heteroatoms. The van der Waals surface area contributed by atoms with Crippen LogP contribution in [0.25, 0.3) is 0 Å². The van der Waals surface area contributed by atoms with E-state index < -0.39 is 17.6 Å². The van der Waals surface area contributed by atoms with Gasteiger partial charge in [0.15, 0.2) is 0 Å². The molecule has 0 amide bonds. The van der Waals surface area contributed by atoms with E-state index in [0.29, 0.717) is 32.6 Å². The van der Waals surface area contributed by atoms with E-state index in [1.54, 1.807) is 6.92 Å². The highest BCUT2D eigenvalue weighted by Gasteiger charge is 2.39. The Morgan fingerprint density at radius 1 is 1.57 bits per heavy atom. The highest BCUT2D eigenvalue weighted by atomic mass is 16.5. The summed E-state index contributed by atoms with van der Waals surface area (Å²) in [6, 6.07) is 0. The van der Waals surface area contributed by atoms with Crippen molar-refractivity contribution in [1.29, 1.82) is 0 Å². The van der Waals surface area contributed by atoms with Gasteiger partial charge in [-0.05, 0) is 19.8 Å². The maximum atomic E-state index is 11.1. The minimum Gasteiger partial charge on any atom is -0.480 e. The highest BCUT2D eigenvalue weighted by Crippen LogP contribution is 2.20. The van der Waals surface area contributed by atoms with Crippen LogP contribution in [0.1, 0.15) is 19.8 Å². The molecule has 14 heavy (non-hydrogen) atoms. The van der Waals surface area contributed by atoms with E-state index in [9.17, 15) is 4.79 Å². The molecule has 0 radical (unpaired) electrons. The molecular weight excluding hydrogens is 186 g/mol. The average molecular weight is 203 g/mol. The first-order chi connectivity index (χ1) is 6.57. The van der Waals surface area contributed by atoms with Crippen LogP contribution in [-0.4, -0.2) is 47.6 Å². The van der Waals surface area contributed by atoms with Crippen molar-refractivity contribution in [1.82, 2.24) is 5.32 Å². The Morgan fingerprint density at radius 3 is 2.57 bits per heavy atom. The summed E-state index contributed by atoms with van der Waals surface area (Å²) in [6.45, 7) is 2.84. The maximum absolute atomic E-state index is 11.1. The Bertz CT molecular complexity index is 199. The standard InChI is InChI=1S/C9H17NO4/c1-7(11)6-10-9(8(12)13)2-4-14-5-3-9/h7,10-11H,2-6H2,1H3,(H,12,13). The van der Waals surface area contributed by atoms with E-state index in [-0.39, 0.29) is 0 Å². The number of carboxylic acids is 1. The van der Waals surface area contributed by atoms with Crippen LogP contribution in [0.3, 0.4) is 0 Å². The first kappa shape index (κ1) is 11.4. The number of ether oxygens (including phenoxy) is 1. The zero-order chi connectivity index (χ0) is 10.6. The molecule has 1 heterocycles. The van der Waals surface area contributed by atoms with Crippen molar-refractivity contribution < 1.29 is 19.7 Å². The van der Waals surface area contributed by atoms with Gasteiger partial charge in [0.2, 0.25) is 0 Å². The monoisotopic (exact) mass is 203 g/mol. The Hall–Kier alpha value is -0.650. The Kier molecular flexibility index (Phi) is 3.86. The lowest BCUT2D eigenvalue weighted by molar-refractivity contribution is -0.149. The number of aliphatic hydroxyl groups excluding tert-OH is 1. The fourth-order valence-electron chi connectivity index (χ4n) is 1.53. The normalized spacial score (nSPS) is 23.0. The molecule has 3 N–H and O–H groups in total. The van der Waals surface area contributed by atoms with Gasteiger partial charge in [-0.1, -0.05) is 0 Å². The van der Waals surface area contributed by atoms with E-state index >= 15 is 0 Å². The lowest BCUT2D eigenvalue weighted by Gasteiger charge is -2.34. The van der Waals surface area contributed by atoms with Gasteiger partial charge in [0.1, 0.15) is 5.54 Å². The summed E-state index contributed by atoms with van der Waals surface area (Å²) >= 11 is 0. The summed E-state index contributed by atoms with van der Waals surface area (Å²) in [5, 5.41) is 21.1. The zero-order valence-corrected chi connectivity index (χ0v) is 8.32. The number of rotatable bonds is 4. The summed E-state index contributed by atoms with van der Waals surface area (Å²) < 4.78 is 5.12. The second-order valence-corrected chi connectivity index (χ2v) is 3.73. The molecule has 1 rings (SSSR count). The number of hydrogen-bond acceptors (Lipinski definition) is 4. The lowest BCUT2D eigenvalue weighted by Crippen LogP contribution is -2.56. The number of carbonyl (C=O) groups is 1. The topological polar surface area (TPSA) is 78.8 Å². The van der Waals surface area contributed by atoms with Crippen LogP contribution < -0.4 is 5.32 Å². The number of β-amino-alcohol motifs (C(OH)–C–C–N with tert-alkyl or cyclic N) is 1. The highest BCUT2D eigenvalue weighted by molar-refractivity contribution is 5.78. The molecule has 0 saturated carbocycles. The van der Waals surface area contributed by atoms with E-state index in [1.165, 1.54) is 0 Å². The van der Waals surface area contributed by atoms with E-state index in [2.05, 4.69) is 5.32 Å². The predicted molar refractivity (Wildman–Crippen MR) is 50.1 cm³/mol. The van der Waals surface area contributed by atoms with E-state index in [4.69, 9.17) is 14.9 Å². The molecule has 5 nitrogen and oxygen atoms in total. The number of nitrogens with one attached hydrogen (secondary N) is 1. The summed E-state index contributed by atoms with van der Waals surface area (Å²) in [5.74, 6) is -0.860. The van der Waals surface area contributed by atoms with Gasteiger partial charge in [-0.25, -0.2) is 0 Å². The van der Waals surface area contributed by atoms with Crippen LogP contribution in [0.5, 0.6) is 0 Å². The zero-order valence-electron chi connectivity index (χ0n) is 8.32. The van der Waals surface area contributed by atoms with Crippen LogP contribution in [0.4, 0.5) is 0 Å². The second kappa shape index (κ2) is 4.72. The molecule has 0 aromatic heterocycles. The number of aliphatic hydroxyl groups is 1. The SMILES string of the molecule is CC(O)CNC1(C(=O)O)CCOCC1. The minimum absolute atomic E-state index is 0.298. The predicted octanol–water partition coefficient (Wildman–Crippen LogP) is -0.409. The first-order valence-corrected chi connectivity index (χ1v) is 4.81. The van der Waals surface area contributed by atoms with Gasteiger partial charge < -0.3 is 14.9 Å². The molecule has 1 saturated heterocycles. The first-order valence-electron chi connectivity index (χ1n) is 4.81. The van der Waals surface area contributed by atoms with Crippen LogP contribution in [0.2, 0.25) is 0 Å². The summed E-state index contributed by atoms with van der Waals surface area (Å²) in [6.07, 6.45) is 0.374. The van der Waals surface area contributed by atoms with Gasteiger partial charge in [0.05, 0.1) is 6.10 Å². The molecule has 1 atom stereocenters. The number of carboxylic acid groups (broad SMARTS) is 1. The third-order valence-corrected chi connectivity index (χ3v) is 2.49. The van der Waals surface area contributed by atoms with Crippen LogP contribution >= 0.6 is 0 Å². The molecule has 1 unspecified atom stereocenters. The van der Waals surface area contributed by atoms with Gasteiger partial charge in [-0.3, -0.25) is 10.1 Å². The van der Waals surface area contributed by atoms with Crippen molar-refractivity contribution in [3.05, 3.63) is 0 Å². The van der Waals surface area contributed by atoms with Crippen LogP contribution in [0.15, 0.2) is 0 Å². The van der Waals surface area contributed by atoms with Crippen molar-refractivity contribution in [2.45, 2.75) is 31.4 Å². The summed E-state index contributed by atoms with van der Waals surface area (Å²) in [5.41, 5.74) is -0.907. The molecule has 0 spiro atoms. The van der Waals surface area contributed by atoms with Crippen molar-refractivity contribution in [2.24, 2.45) is 0 Å². The Balaban J connectivity index is 2.56. The molecule has 0 aliphatic carbocycles. The van der Waals surface area contributed by atoms with E-state index in [0.717, 1.165) is 0 Å². The molecule has 0 aromatic rings. The second-order valence-electron chi connectivity index (χ2n) is 3.73. The molecule has 82 valence electrons. The van der Waals surface area contributed by atoms with Crippen molar-refractivity contribution in [2.75, 3.05) is 19.8 Å². The van der Waals surface area contributed by atoms with Gasteiger partial charge in [0.25, 0.3) is 0 Å². The lowest BCUT2D eigenvalue weighted by atomic mass is 9.90. The van der Waals surface area contributed by atoms with Gasteiger partial charge >= 0.3 is 5.97 Å². The molecular formula is C9H17NO4. The average Bonchev–Trinajstić information content (AvgIpc) is 2.16. The molecule has 1 fully saturated rings. The van der Waals surface area contributed by atoms with Gasteiger partial charge in [-0.2, -0.15) is 0 Å². The quantitative estimate of drug-likeness (QED) is 0.579. The van der Waals surface area contributed by atoms with Crippen LogP contribution in [0, 0.1) is 0 Å². The van der Waals surface area contributed by atoms with Gasteiger partial charge in [0, 0.05) is 19.8 Å². The van der Waals surface area contributed by atoms with Gasteiger partial charge in [-0.15, -0.1) is 0 Å². The smallest absolute Gasteiger partial charge is 0.324 e. The Morgan fingerprint density at radius 2 is 2.14 bits per heavy atom. The van der Waals surface area contributed by atoms with Crippen molar-refractivity contribution >= 4 is 5.97 Å². The molecule has 1 aliphatic heterocycles. The summed E-state index contributed by atoms with van der Waals surface area (Å²) in [7, 11) is 0. The van der Waals surface area contributed by atoms with E-state index in [1.807, 2.05) is 0 Å². The van der Waals surface area contributed by atoms with Crippen LogP contribution in [-0.2, 0) is 9.53 Å². The summed E-state index contributed by atoms with van der Waals surface area (Å²) in [4.78, 5) is 11.1. The molecule has 0 bridgehead atoms. The molecule has 1 aliphatic rings. The minimum atomic E-state index is -0.907. The van der Waals surface area contributed by atoms with Crippen molar-refractivity contribution in [3.63, 3.8) is 0 Å². The largest absolute Gasteiger partial charge is 0.480 e. The molecule has 0 aromatic carbocycles. The third kappa shape index (κ3) is 2.67. The number of hydrogen-bond donors (Lipinski definition) is 3. The number of aliphatic carboxylic acids is 1. The third-order valence-electron chi connectivity index (χ3n) is 2.49. The van der Waals surface area contributed by atoms with Crippen molar-refractivity contribution in [3.8, 4) is 0 Å².